The fourth-order valence-corrected chi connectivity index (χ4v) is 1.85. The number of anilines is 1. The van der Waals surface area contributed by atoms with E-state index in [1.54, 1.807) is 0 Å². The maximum Gasteiger partial charge on any atom is 0.241 e. The number of carbonyl (C=O) groups is 1. The number of nitrogens with one attached hydrogen (secondary N) is 3. The second kappa shape index (κ2) is 4.02. The maximum atomic E-state index is 11.8. The highest BCUT2D eigenvalue weighted by Gasteiger charge is 2.23. The molecule has 1 aromatic rings. The molecule has 0 aromatic carbocycles. The van der Waals surface area contributed by atoms with Crippen molar-refractivity contribution in [3.05, 3.63) is 11.4 Å². The summed E-state index contributed by atoms with van der Waals surface area (Å²) in [5, 5.41) is 13.0. The predicted octanol–water partition coefficient (Wildman–Crippen LogP) is 0.717. The molecule has 5 heteroatoms. The highest BCUT2D eigenvalue weighted by Crippen LogP contribution is 2.17. The summed E-state index contributed by atoms with van der Waals surface area (Å²) in [6.07, 6.45) is 1.99. The molecule has 0 spiro atoms. The number of hydrogen-bond donors (Lipinski definition) is 3. The first-order chi connectivity index (χ1) is 7.18. The Kier molecular flexibility index (Phi) is 2.73. The third-order valence-electron chi connectivity index (χ3n) is 2.75. The number of amides is 1. The zero-order valence-electron chi connectivity index (χ0n) is 9.05. The minimum Gasteiger partial charge on any atom is -0.322 e. The predicted molar refractivity (Wildman–Crippen MR) is 57.7 cm³/mol. The van der Waals surface area contributed by atoms with Crippen LogP contribution in [0.3, 0.4) is 0 Å². The van der Waals surface area contributed by atoms with Crippen LogP contribution < -0.4 is 10.6 Å². The Morgan fingerprint density at radius 1 is 1.53 bits per heavy atom. The minimum absolute atomic E-state index is 0.0418. The van der Waals surface area contributed by atoms with Gasteiger partial charge in [-0.15, -0.1) is 0 Å². The molecule has 2 heterocycles. The Balaban J connectivity index is 2.05. The van der Waals surface area contributed by atoms with E-state index in [1.165, 1.54) is 0 Å². The smallest absolute Gasteiger partial charge is 0.241 e. The highest BCUT2D eigenvalue weighted by molar-refractivity contribution is 5.95. The van der Waals surface area contributed by atoms with Crippen molar-refractivity contribution in [1.29, 1.82) is 0 Å². The van der Waals surface area contributed by atoms with Crippen LogP contribution in [0, 0.1) is 13.8 Å². The summed E-state index contributed by atoms with van der Waals surface area (Å²) in [6.45, 7) is 4.71. The molecular formula is C10H16N4O. The van der Waals surface area contributed by atoms with Crippen LogP contribution in [-0.4, -0.2) is 28.7 Å². The van der Waals surface area contributed by atoms with Gasteiger partial charge in [0.15, 0.2) is 0 Å². The second-order valence-corrected chi connectivity index (χ2v) is 3.95. The maximum absolute atomic E-state index is 11.8. The van der Waals surface area contributed by atoms with Crippen molar-refractivity contribution >= 4 is 11.6 Å². The summed E-state index contributed by atoms with van der Waals surface area (Å²) < 4.78 is 0. The lowest BCUT2D eigenvalue weighted by Gasteiger charge is -2.10. The molecule has 3 N–H and O–H groups in total. The largest absolute Gasteiger partial charge is 0.322 e. The van der Waals surface area contributed by atoms with E-state index in [0.717, 1.165) is 36.5 Å². The molecule has 1 fully saturated rings. The number of aromatic nitrogens is 2. The molecule has 1 atom stereocenters. The van der Waals surface area contributed by atoms with Crippen LogP contribution in [-0.2, 0) is 4.79 Å². The molecule has 0 saturated carbocycles. The Labute approximate surface area is 88.6 Å². The molecule has 0 aliphatic carbocycles. The third-order valence-corrected chi connectivity index (χ3v) is 2.75. The zero-order valence-corrected chi connectivity index (χ0v) is 9.05. The third kappa shape index (κ3) is 2.02. The Bertz CT molecular complexity index is 346. The van der Waals surface area contributed by atoms with Gasteiger partial charge in [0.25, 0.3) is 0 Å². The number of carbonyl (C=O) groups excluding carboxylic acids is 1. The number of H-pyrrole nitrogens is 1. The lowest BCUT2D eigenvalue weighted by Crippen LogP contribution is -2.35. The van der Waals surface area contributed by atoms with E-state index in [9.17, 15) is 4.79 Å². The van der Waals surface area contributed by atoms with E-state index in [2.05, 4.69) is 20.8 Å². The van der Waals surface area contributed by atoms with E-state index < -0.39 is 0 Å². The van der Waals surface area contributed by atoms with Crippen LogP contribution >= 0.6 is 0 Å². The SMILES string of the molecule is Cc1n[nH]c(C)c1NC(=O)[C@H]1CCCN1. The number of aryl methyl sites for hydroxylation is 2. The zero-order chi connectivity index (χ0) is 10.8. The molecule has 1 saturated heterocycles. The van der Waals surface area contributed by atoms with Gasteiger partial charge < -0.3 is 10.6 Å². The molecule has 15 heavy (non-hydrogen) atoms. The summed E-state index contributed by atoms with van der Waals surface area (Å²) >= 11 is 0. The van der Waals surface area contributed by atoms with Gasteiger partial charge in [0.2, 0.25) is 5.91 Å². The van der Waals surface area contributed by atoms with Crippen LogP contribution in [0.25, 0.3) is 0 Å². The van der Waals surface area contributed by atoms with Crippen molar-refractivity contribution in [2.75, 3.05) is 11.9 Å². The van der Waals surface area contributed by atoms with Gasteiger partial charge >= 0.3 is 0 Å². The van der Waals surface area contributed by atoms with Crippen molar-refractivity contribution in [3.63, 3.8) is 0 Å². The van der Waals surface area contributed by atoms with Crippen LogP contribution in [0.5, 0.6) is 0 Å². The Morgan fingerprint density at radius 3 is 2.87 bits per heavy atom. The number of aromatic amines is 1. The summed E-state index contributed by atoms with van der Waals surface area (Å²) in [4.78, 5) is 11.8. The number of nitrogens with zero attached hydrogens (tertiary/aromatic N) is 1. The van der Waals surface area contributed by atoms with Crippen molar-refractivity contribution < 1.29 is 4.79 Å². The molecule has 2 rings (SSSR count). The molecule has 1 amide bonds. The van der Waals surface area contributed by atoms with Crippen LogP contribution in [0.1, 0.15) is 24.2 Å². The van der Waals surface area contributed by atoms with Crippen LogP contribution in [0.15, 0.2) is 0 Å². The highest BCUT2D eigenvalue weighted by atomic mass is 16.2. The molecule has 0 radical (unpaired) electrons. The average Bonchev–Trinajstić information content (AvgIpc) is 2.82. The molecule has 1 aliphatic heterocycles. The first kappa shape index (κ1) is 10.2. The van der Waals surface area contributed by atoms with Crippen LogP contribution in [0.4, 0.5) is 5.69 Å². The molecular weight excluding hydrogens is 192 g/mol. The van der Waals surface area contributed by atoms with E-state index in [-0.39, 0.29) is 11.9 Å². The van der Waals surface area contributed by atoms with E-state index in [4.69, 9.17) is 0 Å². The van der Waals surface area contributed by atoms with Crippen molar-refractivity contribution in [3.8, 4) is 0 Å². The molecule has 1 aromatic heterocycles. The Morgan fingerprint density at radius 2 is 2.33 bits per heavy atom. The summed E-state index contributed by atoms with van der Waals surface area (Å²) in [7, 11) is 0. The lowest BCUT2D eigenvalue weighted by molar-refractivity contribution is -0.117. The number of hydrogen-bond acceptors (Lipinski definition) is 3. The second-order valence-electron chi connectivity index (χ2n) is 3.95. The fraction of sp³-hybridized carbons (Fsp3) is 0.600. The van der Waals surface area contributed by atoms with Gasteiger partial charge in [-0.05, 0) is 33.2 Å². The lowest BCUT2D eigenvalue weighted by atomic mass is 10.2. The van der Waals surface area contributed by atoms with Crippen LogP contribution in [0.2, 0.25) is 0 Å². The minimum atomic E-state index is -0.0429. The average molecular weight is 208 g/mol. The van der Waals surface area contributed by atoms with Gasteiger partial charge in [0, 0.05) is 0 Å². The number of rotatable bonds is 2. The quantitative estimate of drug-likeness (QED) is 0.670. The van der Waals surface area contributed by atoms with Crippen molar-refractivity contribution in [2.45, 2.75) is 32.7 Å². The fourth-order valence-electron chi connectivity index (χ4n) is 1.85. The van der Waals surface area contributed by atoms with Crippen molar-refractivity contribution in [1.82, 2.24) is 15.5 Å². The first-order valence-electron chi connectivity index (χ1n) is 5.24. The molecule has 1 aliphatic rings. The van der Waals surface area contributed by atoms with E-state index in [0.29, 0.717) is 0 Å². The van der Waals surface area contributed by atoms with E-state index >= 15 is 0 Å². The standard InChI is InChI=1S/C10H16N4O/c1-6-9(7(2)14-13-6)12-10(15)8-4-3-5-11-8/h8,11H,3-5H2,1-2H3,(H,12,15)(H,13,14)/t8-/m1/s1. The van der Waals surface area contributed by atoms with Gasteiger partial charge in [-0.1, -0.05) is 0 Å². The monoisotopic (exact) mass is 208 g/mol. The first-order valence-corrected chi connectivity index (χ1v) is 5.24. The normalized spacial score (nSPS) is 20.5. The van der Waals surface area contributed by atoms with Gasteiger partial charge in [-0.2, -0.15) is 5.10 Å². The van der Waals surface area contributed by atoms with E-state index in [1.807, 2.05) is 13.8 Å². The summed E-state index contributed by atoms with van der Waals surface area (Å²) in [6, 6.07) is -0.0429. The van der Waals surface area contributed by atoms with Gasteiger partial charge in [-0.3, -0.25) is 9.89 Å². The summed E-state index contributed by atoms with van der Waals surface area (Å²) in [5.74, 6) is 0.0418. The van der Waals surface area contributed by atoms with Gasteiger partial charge in [-0.25, -0.2) is 0 Å². The van der Waals surface area contributed by atoms with Gasteiger partial charge in [0.1, 0.15) is 0 Å². The molecule has 0 unspecified atom stereocenters. The van der Waals surface area contributed by atoms with Crippen molar-refractivity contribution in [2.24, 2.45) is 0 Å². The Hall–Kier alpha value is -1.36. The summed E-state index contributed by atoms with van der Waals surface area (Å²) in [5.41, 5.74) is 2.55. The molecule has 82 valence electrons. The molecule has 5 nitrogen and oxygen atoms in total. The molecule has 0 bridgehead atoms. The van der Waals surface area contributed by atoms with Gasteiger partial charge in [0.05, 0.1) is 23.1 Å². The topological polar surface area (TPSA) is 69.8 Å².